The van der Waals surface area contributed by atoms with Crippen LogP contribution in [0.25, 0.3) is 0 Å². The Hall–Kier alpha value is -0.801. The molecule has 162 valence electrons. The molecule has 0 spiro atoms. The zero-order valence-electron chi connectivity index (χ0n) is 19.2. The van der Waals surface area contributed by atoms with E-state index in [9.17, 15) is 5.11 Å². The third kappa shape index (κ3) is 12.5. The number of hydrogen-bond donors (Lipinski definition) is 1. The predicted molar refractivity (Wildman–Crippen MR) is 133 cm³/mol. The molecule has 1 rings (SSSR count). The number of aryl methyl sites for hydroxylation is 1. The van der Waals surface area contributed by atoms with Gasteiger partial charge in [-0.1, -0.05) is 6.07 Å². The minimum atomic E-state index is -2.15. The molecule has 1 atom stereocenters. The normalized spacial score (nSPS) is 13.8. The summed E-state index contributed by atoms with van der Waals surface area (Å²) in [5.41, 5.74) is 1.29. The second-order valence-electron chi connectivity index (χ2n) is 8.39. The zero-order chi connectivity index (χ0) is 21.2. The molecule has 1 unspecified atom stereocenters. The number of benzene rings is 1. The molecule has 0 amide bonds. The molecule has 0 heterocycles. The van der Waals surface area contributed by atoms with Gasteiger partial charge in [0.25, 0.3) is 0 Å². The maximum atomic E-state index is 10.2. The van der Waals surface area contributed by atoms with Crippen molar-refractivity contribution in [1.29, 1.82) is 0 Å². The van der Waals surface area contributed by atoms with Gasteiger partial charge in [0.05, 0.1) is 0 Å². The van der Waals surface area contributed by atoms with E-state index >= 15 is 0 Å². The van der Waals surface area contributed by atoms with Crippen molar-refractivity contribution in [2.75, 3.05) is 0 Å². The van der Waals surface area contributed by atoms with Crippen LogP contribution < -0.4 is 0 Å². The van der Waals surface area contributed by atoms with Gasteiger partial charge in [-0.25, -0.2) is 0 Å². The molecule has 0 bridgehead atoms. The van der Waals surface area contributed by atoms with E-state index in [1.807, 2.05) is 18.2 Å². The summed E-state index contributed by atoms with van der Waals surface area (Å²) in [5.74, 6) is 0. The molecule has 0 aliphatic heterocycles. The van der Waals surface area contributed by atoms with Gasteiger partial charge in [0.15, 0.2) is 0 Å². The summed E-state index contributed by atoms with van der Waals surface area (Å²) >= 11 is -2.15. The second-order valence-corrected chi connectivity index (χ2v) is 21.4. The third-order valence-corrected chi connectivity index (χ3v) is 19.9. The summed E-state index contributed by atoms with van der Waals surface area (Å²) in [4.78, 5) is 0. The molecule has 2 heteroatoms. The van der Waals surface area contributed by atoms with Crippen LogP contribution in [0.3, 0.4) is 0 Å². The van der Waals surface area contributed by atoms with Crippen molar-refractivity contribution < 1.29 is 5.11 Å². The molecular weight excluding hydrogens is 459 g/mol. The molecular formula is C27H44OSn. The van der Waals surface area contributed by atoms with E-state index in [1.165, 1.54) is 57.4 Å². The summed E-state index contributed by atoms with van der Waals surface area (Å²) in [6.45, 7) is 6.98. The average molecular weight is 503 g/mol. The summed E-state index contributed by atoms with van der Waals surface area (Å²) in [6, 6.07) is 10.4. The van der Waals surface area contributed by atoms with Crippen LogP contribution in [0, 0.1) is 0 Å². The SMILES string of the molecule is CCC[CH2][Sn](/[CH]=C/C=C/C=C/C(O)CCc1ccccc1)([CH2]CCC)[CH2]CCC. The maximum absolute atomic E-state index is 10.2. The quantitative estimate of drug-likeness (QED) is 0.179. The Balaban J connectivity index is 2.56. The Kier molecular flexibility index (Phi) is 15.3. The molecule has 1 N–H and O–H groups in total. The fourth-order valence-corrected chi connectivity index (χ4v) is 18.0. The van der Waals surface area contributed by atoms with Crippen LogP contribution in [0.4, 0.5) is 0 Å². The number of aliphatic hydroxyl groups is 1. The van der Waals surface area contributed by atoms with Gasteiger partial charge >= 0.3 is 179 Å². The first-order valence-electron chi connectivity index (χ1n) is 11.9. The van der Waals surface area contributed by atoms with Crippen LogP contribution in [0.5, 0.6) is 0 Å². The molecule has 0 saturated carbocycles. The fraction of sp³-hybridized carbons (Fsp3) is 0.556. The second kappa shape index (κ2) is 16.9. The monoisotopic (exact) mass is 504 g/mol. The number of allylic oxidation sites excluding steroid dienone is 4. The summed E-state index contributed by atoms with van der Waals surface area (Å²) < 4.78 is 7.24. The number of unbranched alkanes of at least 4 members (excludes halogenated alkanes) is 3. The number of rotatable bonds is 16. The van der Waals surface area contributed by atoms with Gasteiger partial charge in [0.2, 0.25) is 0 Å². The molecule has 0 fully saturated rings. The van der Waals surface area contributed by atoms with Gasteiger partial charge < -0.3 is 0 Å². The molecule has 1 aromatic carbocycles. The van der Waals surface area contributed by atoms with Gasteiger partial charge in [-0.15, -0.1) is 0 Å². The third-order valence-electron chi connectivity index (χ3n) is 5.77. The van der Waals surface area contributed by atoms with Gasteiger partial charge in [0, 0.05) is 0 Å². The van der Waals surface area contributed by atoms with Gasteiger partial charge in [-0.2, -0.15) is 0 Å². The van der Waals surface area contributed by atoms with Crippen LogP contribution in [0.15, 0.2) is 64.8 Å². The van der Waals surface area contributed by atoms with Gasteiger partial charge in [0.1, 0.15) is 0 Å². The van der Waals surface area contributed by atoms with E-state index in [-0.39, 0.29) is 6.10 Å². The molecule has 29 heavy (non-hydrogen) atoms. The van der Waals surface area contributed by atoms with E-state index in [0.717, 1.165) is 12.8 Å². The van der Waals surface area contributed by atoms with E-state index in [2.05, 4.69) is 67.4 Å². The van der Waals surface area contributed by atoms with Gasteiger partial charge in [-0.05, 0) is 0 Å². The van der Waals surface area contributed by atoms with Crippen molar-refractivity contribution in [3.05, 3.63) is 70.4 Å². The first kappa shape index (κ1) is 26.2. The van der Waals surface area contributed by atoms with Crippen molar-refractivity contribution in [2.45, 2.75) is 91.6 Å². The molecule has 1 aromatic rings. The molecule has 0 aliphatic rings. The first-order valence-corrected chi connectivity index (χ1v) is 19.6. The molecule has 0 aromatic heterocycles. The predicted octanol–water partition coefficient (Wildman–Crippen LogP) is 8.04. The minimum absolute atomic E-state index is 0.374. The van der Waals surface area contributed by atoms with Crippen LogP contribution >= 0.6 is 0 Å². The van der Waals surface area contributed by atoms with Crippen molar-refractivity contribution >= 4 is 18.4 Å². The van der Waals surface area contributed by atoms with E-state index in [4.69, 9.17) is 0 Å². The summed E-state index contributed by atoms with van der Waals surface area (Å²) in [7, 11) is 0. The molecule has 0 radical (unpaired) electrons. The van der Waals surface area contributed by atoms with Crippen LogP contribution in [-0.4, -0.2) is 29.6 Å². The zero-order valence-corrected chi connectivity index (χ0v) is 22.0. The standard InChI is InChI=1S/C15H17O.3C4H9.Sn/c1-2-3-4-8-11-15(16)13-12-14-9-6-5-7-10-14;3*1-3-4-2;/h1-11,15-16H,12-13H2;3*1,3-4H2,2H3;/b2-1?,4-3+,11-8+;;;;. The topological polar surface area (TPSA) is 20.2 Å². The molecule has 0 aliphatic carbocycles. The molecule has 1 nitrogen and oxygen atoms in total. The first-order chi connectivity index (χ1) is 14.2. The van der Waals surface area contributed by atoms with Crippen LogP contribution in [0.2, 0.25) is 13.3 Å². The average Bonchev–Trinajstić information content (AvgIpc) is 2.76. The van der Waals surface area contributed by atoms with E-state index in [0.29, 0.717) is 0 Å². The van der Waals surface area contributed by atoms with Crippen LogP contribution in [-0.2, 0) is 6.42 Å². The molecule has 0 saturated heterocycles. The van der Waals surface area contributed by atoms with E-state index < -0.39 is 18.4 Å². The Bertz CT molecular complexity index is 566. The van der Waals surface area contributed by atoms with Crippen molar-refractivity contribution in [1.82, 2.24) is 0 Å². The van der Waals surface area contributed by atoms with Crippen molar-refractivity contribution in [2.24, 2.45) is 0 Å². The number of aliphatic hydroxyl groups excluding tert-OH is 1. The van der Waals surface area contributed by atoms with Crippen molar-refractivity contribution in [3.8, 4) is 0 Å². The summed E-state index contributed by atoms with van der Waals surface area (Å²) in [5, 5.41) is 10.2. The Morgan fingerprint density at radius 2 is 1.34 bits per heavy atom. The van der Waals surface area contributed by atoms with Gasteiger partial charge in [-0.3, -0.25) is 0 Å². The fourth-order valence-electron chi connectivity index (χ4n) is 3.85. The Morgan fingerprint density at radius 3 is 1.90 bits per heavy atom. The number of hydrogen-bond acceptors (Lipinski definition) is 1. The van der Waals surface area contributed by atoms with E-state index in [1.54, 1.807) is 0 Å². The summed E-state index contributed by atoms with van der Waals surface area (Å²) in [6.07, 6.45) is 20.0. The van der Waals surface area contributed by atoms with Crippen LogP contribution in [0.1, 0.15) is 71.3 Å². The Morgan fingerprint density at radius 1 is 0.793 bits per heavy atom. The Labute approximate surface area is 184 Å². The van der Waals surface area contributed by atoms with Crippen molar-refractivity contribution in [3.63, 3.8) is 0 Å².